The van der Waals surface area contributed by atoms with Crippen LogP contribution >= 0.6 is 0 Å². The predicted molar refractivity (Wildman–Crippen MR) is 135 cm³/mol. The summed E-state index contributed by atoms with van der Waals surface area (Å²) in [7, 11) is 0. The molecule has 1 heteroatoms. The lowest BCUT2D eigenvalue weighted by molar-refractivity contribution is 0.479. The van der Waals surface area contributed by atoms with Crippen molar-refractivity contribution in [2.24, 2.45) is 0 Å². The van der Waals surface area contributed by atoms with Crippen molar-refractivity contribution in [3.8, 4) is 28.0 Å². The van der Waals surface area contributed by atoms with Gasteiger partial charge in [0.2, 0.25) is 0 Å². The summed E-state index contributed by atoms with van der Waals surface area (Å²) in [6.07, 6.45) is 0. The molecule has 0 unspecified atom stereocenters. The summed E-state index contributed by atoms with van der Waals surface area (Å²) >= 11 is 0. The standard InChI is InChI=1S/C30H38O/c1-18(2)22-12-9-13-23(19(3)4)28(22)26-16-11-17-27(30(26)31)29-24(20(5)6)14-10-15-25(29)21(7)8/h9-21,31H,1-8H3. The van der Waals surface area contributed by atoms with E-state index in [0.29, 0.717) is 29.4 Å². The van der Waals surface area contributed by atoms with Gasteiger partial charge in [-0.1, -0.05) is 110 Å². The third kappa shape index (κ3) is 4.42. The summed E-state index contributed by atoms with van der Waals surface area (Å²) < 4.78 is 0. The number of phenols is 1. The van der Waals surface area contributed by atoms with Gasteiger partial charge in [0.25, 0.3) is 0 Å². The SMILES string of the molecule is CC(C)c1cccc(C(C)C)c1-c1cccc(-c2c(C(C)C)cccc2C(C)C)c1O. The molecule has 1 N–H and O–H groups in total. The summed E-state index contributed by atoms with van der Waals surface area (Å²) in [5.74, 6) is 1.92. The fraction of sp³-hybridized carbons (Fsp3) is 0.400. The second kappa shape index (κ2) is 9.30. The van der Waals surface area contributed by atoms with Crippen molar-refractivity contribution in [2.45, 2.75) is 79.1 Å². The zero-order chi connectivity index (χ0) is 22.9. The highest BCUT2D eigenvalue weighted by Gasteiger charge is 2.23. The van der Waals surface area contributed by atoms with Crippen molar-refractivity contribution >= 4 is 0 Å². The van der Waals surface area contributed by atoms with E-state index in [1.165, 1.54) is 33.4 Å². The van der Waals surface area contributed by atoms with Gasteiger partial charge in [0.15, 0.2) is 0 Å². The number of benzene rings is 3. The maximum Gasteiger partial charge on any atom is 0.131 e. The average Bonchev–Trinajstić information content (AvgIpc) is 2.72. The molecule has 0 aliphatic rings. The van der Waals surface area contributed by atoms with Crippen LogP contribution in [0.2, 0.25) is 0 Å². The smallest absolute Gasteiger partial charge is 0.131 e. The summed E-state index contributed by atoms with van der Waals surface area (Å²) in [6.45, 7) is 17.8. The Balaban J connectivity index is 2.38. The van der Waals surface area contributed by atoms with E-state index in [4.69, 9.17) is 0 Å². The highest BCUT2D eigenvalue weighted by Crippen LogP contribution is 2.46. The molecule has 0 heterocycles. The second-order valence-electron chi connectivity index (χ2n) is 9.94. The number of hydrogen-bond acceptors (Lipinski definition) is 1. The zero-order valence-corrected chi connectivity index (χ0v) is 20.5. The molecular formula is C30H38O. The van der Waals surface area contributed by atoms with E-state index in [0.717, 1.165) is 11.1 Å². The summed E-state index contributed by atoms with van der Waals surface area (Å²) in [5.41, 5.74) is 9.44. The fourth-order valence-corrected chi connectivity index (χ4v) is 4.67. The van der Waals surface area contributed by atoms with E-state index < -0.39 is 0 Å². The Kier molecular flexibility index (Phi) is 6.94. The molecule has 0 saturated carbocycles. The van der Waals surface area contributed by atoms with E-state index >= 15 is 0 Å². The Labute approximate surface area is 189 Å². The van der Waals surface area contributed by atoms with E-state index in [9.17, 15) is 5.11 Å². The second-order valence-corrected chi connectivity index (χ2v) is 9.94. The van der Waals surface area contributed by atoms with Crippen molar-refractivity contribution in [3.05, 3.63) is 76.9 Å². The van der Waals surface area contributed by atoms with Gasteiger partial charge >= 0.3 is 0 Å². The predicted octanol–water partition coefficient (Wildman–Crippen LogP) is 9.22. The van der Waals surface area contributed by atoms with Crippen LogP contribution in [0.5, 0.6) is 5.75 Å². The number of rotatable bonds is 6. The largest absolute Gasteiger partial charge is 0.507 e. The van der Waals surface area contributed by atoms with Gasteiger partial charge in [0.05, 0.1) is 0 Å². The molecule has 0 bridgehead atoms. The van der Waals surface area contributed by atoms with Crippen molar-refractivity contribution in [1.29, 1.82) is 0 Å². The molecule has 0 radical (unpaired) electrons. The van der Waals surface area contributed by atoms with E-state index in [-0.39, 0.29) is 0 Å². The minimum absolute atomic E-state index is 0.380. The topological polar surface area (TPSA) is 20.2 Å². The molecule has 1 nitrogen and oxygen atoms in total. The van der Waals surface area contributed by atoms with Gasteiger partial charge in [-0.2, -0.15) is 0 Å². The summed E-state index contributed by atoms with van der Waals surface area (Å²) in [6, 6.07) is 19.4. The zero-order valence-electron chi connectivity index (χ0n) is 20.5. The molecule has 0 atom stereocenters. The molecule has 3 rings (SSSR count). The molecule has 3 aromatic carbocycles. The fourth-order valence-electron chi connectivity index (χ4n) is 4.67. The van der Waals surface area contributed by atoms with Crippen LogP contribution < -0.4 is 0 Å². The quantitative estimate of drug-likeness (QED) is 0.426. The Bertz CT molecular complexity index is 920. The van der Waals surface area contributed by atoms with Crippen molar-refractivity contribution in [1.82, 2.24) is 0 Å². The molecule has 0 saturated heterocycles. The van der Waals surface area contributed by atoms with E-state index in [1.807, 2.05) is 0 Å². The molecule has 3 aromatic rings. The minimum atomic E-state index is 0.380. The molecule has 0 aliphatic heterocycles. The first-order chi connectivity index (χ1) is 14.6. The average molecular weight is 415 g/mol. The van der Waals surface area contributed by atoms with Gasteiger partial charge in [-0.3, -0.25) is 0 Å². The number of para-hydroxylation sites is 1. The normalized spacial score (nSPS) is 11.9. The molecule has 0 fully saturated rings. The van der Waals surface area contributed by atoms with Crippen LogP contribution in [0, 0.1) is 0 Å². The molecular weight excluding hydrogens is 376 g/mol. The molecule has 0 spiro atoms. The van der Waals surface area contributed by atoms with E-state index in [2.05, 4.69) is 110 Å². The highest BCUT2D eigenvalue weighted by molar-refractivity contribution is 5.87. The van der Waals surface area contributed by atoms with Gasteiger partial charge in [0, 0.05) is 11.1 Å². The monoisotopic (exact) mass is 414 g/mol. The van der Waals surface area contributed by atoms with Crippen LogP contribution in [0.3, 0.4) is 0 Å². The van der Waals surface area contributed by atoms with Crippen molar-refractivity contribution in [2.75, 3.05) is 0 Å². The van der Waals surface area contributed by atoms with Crippen LogP contribution in [-0.2, 0) is 0 Å². The first-order valence-corrected chi connectivity index (χ1v) is 11.7. The molecule has 31 heavy (non-hydrogen) atoms. The van der Waals surface area contributed by atoms with Crippen molar-refractivity contribution in [3.63, 3.8) is 0 Å². The Hall–Kier alpha value is -2.54. The van der Waals surface area contributed by atoms with Crippen LogP contribution in [0.4, 0.5) is 0 Å². The van der Waals surface area contributed by atoms with Gasteiger partial charge < -0.3 is 5.11 Å². The first-order valence-electron chi connectivity index (χ1n) is 11.7. The lowest BCUT2D eigenvalue weighted by Crippen LogP contribution is -2.02. The summed E-state index contributed by atoms with van der Waals surface area (Å²) in [5, 5.41) is 11.7. The Morgan fingerprint density at radius 3 is 0.968 bits per heavy atom. The Morgan fingerprint density at radius 2 is 0.710 bits per heavy atom. The lowest BCUT2D eigenvalue weighted by atomic mass is 9.81. The van der Waals surface area contributed by atoms with E-state index in [1.54, 1.807) is 0 Å². The summed E-state index contributed by atoms with van der Waals surface area (Å²) in [4.78, 5) is 0. The molecule has 0 amide bonds. The van der Waals surface area contributed by atoms with Gasteiger partial charge in [0.1, 0.15) is 5.75 Å². The minimum Gasteiger partial charge on any atom is -0.507 e. The van der Waals surface area contributed by atoms with Crippen LogP contribution in [0.1, 0.15) is 101 Å². The van der Waals surface area contributed by atoms with Crippen LogP contribution in [-0.4, -0.2) is 5.11 Å². The maximum atomic E-state index is 11.7. The molecule has 0 aliphatic carbocycles. The first kappa shape index (κ1) is 23.1. The Morgan fingerprint density at radius 1 is 0.452 bits per heavy atom. The van der Waals surface area contributed by atoms with Crippen molar-refractivity contribution < 1.29 is 5.11 Å². The van der Waals surface area contributed by atoms with Gasteiger partial charge in [-0.15, -0.1) is 0 Å². The highest BCUT2D eigenvalue weighted by atomic mass is 16.3. The van der Waals surface area contributed by atoms with Gasteiger partial charge in [-0.25, -0.2) is 0 Å². The van der Waals surface area contributed by atoms with Crippen LogP contribution in [0.25, 0.3) is 22.3 Å². The molecule has 0 aromatic heterocycles. The molecule has 164 valence electrons. The number of aromatic hydroxyl groups is 1. The lowest BCUT2D eigenvalue weighted by Gasteiger charge is -2.24. The maximum absolute atomic E-state index is 11.7. The third-order valence-electron chi connectivity index (χ3n) is 6.32. The number of phenolic OH excluding ortho intramolecular Hbond substituents is 1. The van der Waals surface area contributed by atoms with Gasteiger partial charge in [-0.05, 0) is 57.1 Å². The third-order valence-corrected chi connectivity index (χ3v) is 6.32. The number of hydrogen-bond donors (Lipinski definition) is 1. The van der Waals surface area contributed by atoms with Crippen LogP contribution in [0.15, 0.2) is 54.6 Å².